The Bertz CT molecular complexity index is 949. The van der Waals surface area contributed by atoms with E-state index < -0.39 is 6.23 Å². The van der Waals surface area contributed by atoms with Gasteiger partial charge in [-0.2, -0.15) is 0 Å². The van der Waals surface area contributed by atoms with Crippen LogP contribution in [0.3, 0.4) is 0 Å². The first-order valence-corrected chi connectivity index (χ1v) is 12.3. The van der Waals surface area contributed by atoms with Crippen molar-refractivity contribution in [1.82, 2.24) is 9.80 Å². The first-order chi connectivity index (χ1) is 16.2. The molecule has 0 aromatic heterocycles. The molecular formula is C26H37ClN4O3. The van der Waals surface area contributed by atoms with Crippen molar-refractivity contribution in [3.05, 3.63) is 52.0 Å². The van der Waals surface area contributed by atoms with Crippen LogP contribution in [0.1, 0.15) is 36.5 Å². The second kappa shape index (κ2) is 11.8. The number of nitrogen functional groups attached to an aromatic ring is 1. The highest BCUT2D eigenvalue weighted by atomic mass is 35.5. The summed E-state index contributed by atoms with van der Waals surface area (Å²) < 4.78 is 5.92. The van der Waals surface area contributed by atoms with Crippen LogP contribution in [0, 0.1) is 20.8 Å². The van der Waals surface area contributed by atoms with Crippen LogP contribution in [0.15, 0.2) is 30.3 Å². The molecule has 0 radical (unpaired) electrons. The number of rotatable bonds is 9. The van der Waals surface area contributed by atoms with Gasteiger partial charge in [-0.15, -0.1) is 0 Å². The molecule has 1 saturated heterocycles. The molecule has 2 aromatic rings. The van der Waals surface area contributed by atoms with Crippen molar-refractivity contribution in [2.24, 2.45) is 0 Å². The molecule has 3 rings (SSSR count). The average molecular weight is 489 g/mol. The number of aliphatic hydroxyl groups excluding tert-OH is 1. The number of likely N-dealkylation sites (tertiary alicyclic amines) is 1. The van der Waals surface area contributed by atoms with Crippen LogP contribution in [0.4, 0.5) is 11.4 Å². The van der Waals surface area contributed by atoms with Crippen molar-refractivity contribution in [1.29, 1.82) is 0 Å². The van der Waals surface area contributed by atoms with E-state index in [-0.39, 0.29) is 18.6 Å². The number of benzene rings is 2. The molecule has 1 amide bonds. The summed E-state index contributed by atoms with van der Waals surface area (Å²) in [7, 11) is 0. The number of halogens is 1. The third kappa shape index (κ3) is 6.14. The lowest BCUT2D eigenvalue weighted by Gasteiger charge is -2.38. The maximum atomic E-state index is 13.0. The zero-order valence-electron chi connectivity index (χ0n) is 20.6. The summed E-state index contributed by atoms with van der Waals surface area (Å²) in [6.45, 7) is 10.4. The van der Waals surface area contributed by atoms with Crippen molar-refractivity contribution in [2.75, 3.05) is 43.8 Å². The molecule has 1 aliphatic heterocycles. The van der Waals surface area contributed by atoms with Crippen LogP contribution in [0.2, 0.25) is 5.02 Å². The molecule has 7 nitrogen and oxygen atoms in total. The van der Waals surface area contributed by atoms with Gasteiger partial charge in [-0.25, -0.2) is 0 Å². The number of ether oxygens (including phenoxy) is 1. The summed E-state index contributed by atoms with van der Waals surface area (Å²) >= 11 is 6.47. The van der Waals surface area contributed by atoms with Gasteiger partial charge in [0, 0.05) is 43.6 Å². The van der Waals surface area contributed by atoms with Crippen LogP contribution < -0.4 is 15.8 Å². The number of amides is 1. The van der Waals surface area contributed by atoms with E-state index in [1.165, 1.54) is 0 Å². The van der Waals surface area contributed by atoms with Crippen LogP contribution in [0.5, 0.6) is 5.75 Å². The Balaban J connectivity index is 1.52. The molecule has 0 spiro atoms. The highest BCUT2D eigenvalue weighted by Crippen LogP contribution is 2.38. The largest absolute Gasteiger partial charge is 0.482 e. The Kier molecular flexibility index (Phi) is 9.05. The number of likely N-dealkylation sites (N-methyl/N-ethyl adjacent to an activating group) is 1. The molecule has 8 heteroatoms. The Morgan fingerprint density at radius 3 is 2.47 bits per heavy atom. The standard InChI is InChI=1S/C26H37ClN4O3/c1-5-31(23(33)16-34-26-18(3)17(2)25(28)19(4)24(26)27)21-11-13-30(14-12-21)15-22(32)29-20-9-7-6-8-10-20/h6-10,21-22,29,32H,5,11-16,28H2,1-4H3. The van der Waals surface area contributed by atoms with Gasteiger partial charge in [0.2, 0.25) is 0 Å². The normalized spacial score (nSPS) is 15.7. The van der Waals surface area contributed by atoms with Gasteiger partial charge in [0.05, 0.1) is 5.02 Å². The van der Waals surface area contributed by atoms with E-state index in [2.05, 4.69) is 10.2 Å². The Hall–Kier alpha value is -2.48. The fourth-order valence-corrected chi connectivity index (χ4v) is 4.86. The molecule has 4 N–H and O–H groups in total. The number of β-amino-alcohol motifs (C(OH)–C–C–N with tert-alkyl or cyclic N) is 1. The van der Waals surface area contributed by atoms with Crippen molar-refractivity contribution in [2.45, 2.75) is 52.8 Å². The second-order valence-corrected chi connectivity index (χ2v) is 9.34. The van der Waals surface area contributed by atoms with Crippen LogP contribution in [0.25, 0.3) is 0 Å². The third-order valence-electron chi connectivity index (χ3n) is 6.78. The Morgan fingerprint density at radius 2 is 1.85 bits per heavy atom. The molecule has 1 atom stereocenters. The number of nitrogens with zero attached hydrogens (tertiary/aromatic N) is 2. The zero-order chi connectivity index (χ0) is 24.8. The molecule has 0 bridgehead atoms. The zero-order valence-corrected chi connectivity index (χ0v) is 21.4. The van der Waals surface area contributed by atoms with E-state index >= 15 is 0 Å². The number of aliphatic hydroxyl groups is 1. The number of hydrogen-bond acceptors (Lipinski definition) is 6. The van der Waals surface area contributed by atoms with Crippen LogP contribution >= 0.6 is 11.6 Å². The number of carbonyl (C=O) groups excluding carboxylic acids is 1. The number of para-hydroxylation sites is 1. The summed E-state index contributed by atoms with van der Waals surface area (Å²) in [5.74, 6) is 0.485. The summed E-state index contributed by atoms with van der Waals surface area (Å²) in [5, 5.41) is 14.0. The van der Waals surface area contributed by atoms with Gasteiger partial charge in [0.25, 0.3) is 5.91 Å². The SMILES string of the molecule is CCN(C(=O)COc1c(C)c(C)c(N)c(C)c1Cl)C1CCN(CC(O)Nc2ccccc2)CC1. The Morgan fingerprint density at radius 1 is 1.21 bits per heavy atom. The molecule has 0 saturated carbocycles. The number of nitrogens with one attached hydrogen (secondary N) is 1. The summed E-state index contributed by atoms with van der Waals surface area (Å²) in [6.07, 6.45) is 1.07. The molecule has 1 aliphatic rings. The van der Waals surface area contributed by atoms with Crippen molar-refractivity contribution >= 4 is 28.9 Å². The average Bonchev–Trinajstić information content (AvgIpc) is 2.83. The highest BCUT2D eigenvalue weighted by Gasteiger charge is 2.28. The van der Waals surface area contributed by atoms with Crippen molar-refractivity contribution in [3.63, 3.8) is 0 Å². The van der Waals surface area contributed by atoms with E-state index in [4.69, 9.17) is 22.1 Å². The lowest BCUT2D eigenvalue weighted by Crippen LogP contribution is -2.50. The monoisotopic (exact) mass is 488 g/mol. The first kappa shape index (κ1) is 26.1. The quantitative estimate of drug-likeness (QED) is 0.365. The molecule has 1 unspecified atom stereocenters. The minimum absolute atomic E-state index is 0.0469. The second-order valence-electron chi connectivity index (χ2n) is 8.96. The van der Waals surface area contributed by atoms with Gasteiger partial charge in [-0.3, -0.25) is 9.69 Å². The van der Waals surface area contributed by atoms with Crippen molar-refractivity contribution < 1.29 is 14.6 Å². The molecular weight excluding hydrogens is 452 g/mol. The Labute approximate surface area is 207 Å². The first-order valence-electron chi connectivity index (χ1n) is 11.9. The number of piperidine rings is 1. The van der Waals surface area contributed by atoms with Gasteiger partial charge < -0.3 is 25.8 Å². The smallest absolute Gasteiger partial charge is 0.260 e. The fraction of sp³-hybridized carbons (Fsp3) is 0.500. The predicted molar refractivity (Wildman–Crippen MR) is 138 cm³/mol. The summed E-state index contributed by atoms with van der Waals surface area (Å²) in [6, 6.07) is 9.84. The minimum atomic E-state index is -0.643. The van der Waals surface area contributed by atoms with Crippen molar-refractivity contribution in [3.8, 4) is 5.75 Å². The maximum absolute atomic E-state index is 13.0. The number of anilines is 2. The lowest BCUT2D eigenvalue weighted by atomic mass is 10.0. The number of nitrogens with two attached hydrogens (primary N) is 1. The van der Waals surface area contributed by atoms with E-state index in [1.54, 1.807) is 0 Å². The predicted octanol–water partition coefficient (Wildman–Crippen LogP) is 3.97. The topological polar surface area (TPSA) is 91.1 Å². The number of hydrogen-bond donors (Lipinski definition) is 3. The van der Waals surface area contributed by atoms with Crippen LogP contribution in [-0.2, 0) is 4.79 Å². The van der Waals surface area contributed by atoms with Gasteiger partial charge in [-0.05, 0) is 69.4 Å². The van der Waals surface area contributed by atoms with Crippen LogP contribution in [-0.4, -0.2) is 65.9 Å². The highest BCUT2D eigenvalue weighted by molar-refractivity contribution is 6.33. The van der Waals surface area contributed by atoms with E-state index in [9.17, 15) is 9.90 Å². The molecule has 2 aromatic carbocycles. The van der Waals surface area contributed by atoms with Gasteiger partial charge in [0.1, 0.15) is 12.0 Å². The molecule has 0 aliphatic carbocycles. The fourth-order valence-electron chi connectivity index (χ4n) is 4.56. The molecule has 186 valence electrons. The van der Waals surface area contributed by atoms with Gasteiger partial charge >= 0.3 is 0 Å². The van der Waals surface area contributed by atoms with Gasteiger partial charge in [-0.1, -0.05) is 29.8 Å². The molecule has 1 fully saturated rings. The maximum Gasteiger partial charge on any atom is 0.260 e. The summed E-state index contributed by atoms with van der Waals surface area (Å²) in [4.78, 5) is 17.2. The van der Waals surface area contributed by atoms with E-state index in [0.717, 1.165) is 48.3 Å². The summed E-state index contributed by atoms with van der Waals surface area (Å²) in [5.41, 5.74) is 10.2. The molecule has 34 heavy (non-hydrogen) atoms. The number of carbonyl (C=O) groups is 1. The minimum Gasteiger partial charge on any atom is -0.482 e. The molecule has 1 heterocycles. The van der Waals surface area contributed by atoms with E-state index in [0.29, 0.717) is 29.5 Å². The lowest BCUT2D eigenvalue weighted by molar-refractivity contribution is -0.136. The van der Waals surface area contributed by atoms with E-state index in [1.807, 2.05) is 62.9 Å². The van der Waals surface area contributed by atoms with Gasteiger partial charge in [0.15, 0.2) is 6.61 Å². The third-order valence-corrected chi connectivity index (χ3v) is 7.23.